The first-order chi connectivity index (χ1) is 6.22. The van der Waals surface area contributed by atoms with Gasteiger partial charge in [-0.2, -0.15) is 0 Å². The Bertz CT molecular complexity index is 286. The molecular formula is C8H10BrN3O. The summed E-state index contributed by atoms with van der Waals surface area (Å²) in [7, 11) is 1.60. The van der Waals surface area contributed by atoms with Crippen molar-refractivity contribution in [3.8, 4) is 0 Å². The number of amides is 1. The first-order valence-electron chi connectivity index (χ1n) is 3.78. The fourth-order valence-electron chi connectivity index (χ4n) is 0.740. The van der Waals surface area contributed by atoms with Crippen LogP contribution in [0.25, 0.3) is 0 Å². The lowest BCUT2D eigenvalue weighted by Gasteiger charge is -2.03. The van der Waals surface area contributed by atoms with Crippen LogP contribution in [0.3, 0.4) is 0 Å². The third-order valence-electron chi connectivity index (χ3n) is 1.44. The normalized spacial score (nSPS) is 9.38. The summed E-state index contributed by atoms with van der Waals surface area (Å²) in [5.74, 6) is 0.622. The zero-order valence-electron chi connectivity index (χ0n) is 7.17. The van der Waals surface area contributed by atoms with Crippen LogP contribution in [0.1, 0.15) is 0 Å². The molecule has 2 N–H and O–H groups in total. The minimum Gasteiger partial charge on any atom is -0.361 e. The molecule has 5 heteroatoms. The summed E-state index contributed by atoms with van der Waals surface area (Å²) in [4.78, 5) is 14.9. The summed E-state index contributed by atoms with van der Waals surface area (Å²) >= 11 is 3.27. The Balaban J connectivity index is 2.46. The quantitative estimate of drug-likeness (QED) is 0.834. The van der Waals surface area contributed by atoms with Crippen LogP contribution < -0.4 is 10.6 Å². The molecule has 0 radical (unpaired) electrons. The van der Waals surface area contributed by atoms with Gasteiger partial charge in [-0.15, -0.1) is 0 Å². The Kier molecular flexibility index (Phi) is 3.70. The van der Waals surface area contributed by atoms with E-state index in [-0.39, 0.29) is 12.5 Å². The summed E-state index contributed by atoms with van der Waals surface area (Å²) in [6, 6.07) is 3.66. The Hall–Kier alpha value is -1.10. The number of carbonyl (C=O) groups excluding carboxylic acids is 1. The van der Waals surface area contributed by atoms with Crippen molar-refractivity contribution in [3.05, 3.63) is 22.8 Å². The molecule has 1 aromatic heterocycles. The molecule has 0 aliphatic heterocycles. The minimum absolute atomic E-state index is 0.0651. The first-order valence-corrected chi connectivity index (χ1v) is 4.57. The molecule has 0 saturated carbocycles. The average Bonchev–Trinajstić information content (AvgIpc) is 2.16. The van der Waals surface area contributed by atoms with Crippen LogP contribution in [0.4, 0.5) is 5.82 Å². The monoisotopic (exact) mass is 243 g/mol. The van der Waals surface area contributed by atoms with E-state index in [1.807, 2.05) is 6.07 Å². The lowest BCUT2D eigenvalue weighted by Crippen LogP contribution is -2.26. The molecule has 0 spiro atoms. The van der Waals surface area contributed by atoms with Gasteiger partial charge in [0.05, 0.1) is 6.54 Å². The van der Waals surface area contributed by atoms with E-state index < -0.39 is 0 Å². The molecule has 1 heterocycles. The number of likely N-dealkylation sites (N-methyl/N-ethyl adjacent to an activating group) is 1. The molecule has 0 atom stereocenters. The molecule has 1 amide bonds. The summed E-state index contributed by atoms with van der Waals surface area (Å²) in [5.41, 5.74) is 0. The second kappa shape index (κ2) is 4.81. The average molecular weight is 244 g/mol. The fourth-order valence-corrected chi connectivity index (χ4v) is 0.974. The first kappa shape index (κ1) is 9.98. The number of halogens is 1. The molecule has 0 aliphatic rings. The lowest BCUT2D eigenvalue weighted by atomic mass is 10.4. The molecule has 0 aromatic carbocycles. The van der Waals surface area contributed by atoms with E-state index in [0.29, 0.717) is 5.82 Å². The highest BCUT2D eigenvalue weighted by Crippen LogP contribution is 2.09. The van der Waals surface area contributed by atoms with Gasteiger partial charge in [0.2, 0.25) is 5.91 Å². The molecule has 0 bridgehead atoms. The molecule has 13 heavy (non-hydrogen) atoms. The van der Waals surface area contributed by atoms with Crippen LogP contribution in [-0.2, 0) is 4.79 Å². The van der Waals surface area contributed by atoms with Gasteiger partial charge in [0.15, 0.2) is 0 Å². The lowest BCUT2D eigenvalue weighted by molar-refractivity contribution is -0.118. The van der Waals surface area contributed by atoms with Crippen molar-refractivity contribution in [2.24, 2.45) is 0 Å². The van der Waals surface area contributed by atoms with E-state index in [1.165, 1.54) is 0 Å². The Morgan fingerprint density at radius 2 is 2.38 bits per heavy atom. The van der Waals surface area contributed by atoms with E-state index in [9.17, 15) is 4.79 Å². The third-order valence-corrected chi connectivity index (χ3v) is 1.91. The number of hydrogen-bond acceptors (Lipinski definition) is 3. The molecule has 4 nitrogen and oxygen atoms in total. The van der Waals surface area contributed by atoms with Gasteiger partial charge in [0.25, 0.3) is 0 Å². The second-order valence-electron chi connectivity index (χ2n) is 2.39. The summed E-state index contributed by atoms with van der Waals surface area (Å²) in [6.45, 7) is 0.241. The van der Waals surface area contributed by atoms with E-state index in [4.69, 9.17) is 0 Å². The van der Waals surface area contributed by atoms with Gasteiger partial charge in [-0.3, -0.25) is 4.79 Å². The van der Waals surface area contributed by atoms with Crippen LogP contribution in [0, 0.1) is 0 Å². The summed E-state index contributed by atoms with van der Waals surface area (Å²) in [5, 5.41) is 5.39. The van der Waals surface area contributed by atoms with Gasteiger partial charge in [0.1, 0.15) is 5.82 Å². The number of pyridine rings is 1. The fraction of sp³-hybridized carbons (Fsp3) is 0.250. The number of anilines is 1. The Morgan fingerprint density at radius 1 is 1.62 bits per heavy atom. The van der Waals surface area contributed by atoms with E-state index in [1.54, 1.807) is 19.3 Å². The number of carbonyl (C=O) groups is 1. The highest BCUT2D eigenvalue weighted by molar-refractivity contribution is 9.10. The minimum atomic E-state index is -0.0651. The van der Waals surface area contributed by atoms with E-state index in [0.717, 1.165) is 4.47 Å². The van der Waals surface area contributed by atoms with Crippen LogP contribution >= 0.6 is 15.9 Å². The molecular weight excluding hydrogens is 234 g/mol. The highest BCUT2D eigenvalue weighted by atomic mass is 79.9. The molecule has 0 aliphatic carbocycles. The van der Waals surface area contributed by atoms with Crippen LogP contribution in [-0.4, -0.2) is 24.5 Å². The number of nitrogens with one attached hydrogen (secondary N) is 2. The smallest absolute Gasteiger partial charge is 0.239 e. The largest absolute Gasteiger partial charge is 0.361 e. The van der Waals surface area contributed by atoms with Crippen molar-refractivity contribution in [2.75, 3.05) is 18.9 Å². The molecule has 70 valence electrons. The number of rotatable bonds is 3. The van der Waals surface area contributed by atoms with Gasteiger partial charge < -0.3 is 10.6 Å². The van der Waals surface area contributed by atoms with Crippen molar-refractivity contribution in [1.29, 1.82) is 0 Å². The maximum atomic E-state index is 10.8. The van der Waals surface area contributed by atoms with E-state index in [2.05, 4.69) is 31.5 Å². The standard InChI is InChI=1S/C8H10BrN3O/c1-10-8(13)5-12-7-3-2-6(9)4-11-7/h2-4H,5H2,1H3,(H,10,13)(H,11,12). The Morgan fingerprint density at radius 3 is 2.92 bits per heavy atom. The topological polar surface area (TPSA) is 54.0 Å². The Labute approximate surface area is 84.9 Å². The zero-order chi connectivity index (χ0) is 9.68. The second-order valence-corrected chi connectivity index (χ2v) is 3.30. The maximum absolute atomic E-state index is 10.8. The number of aromatic nitrogens is 1. The molecule has 0 unspecified atom stereocenters. The maximum Gasteiger partial charge on any atom is 0.239 e. The van der Waals surface area contributed by atoms with Crippen molar-refractivity contribution >= 4 is 27.7 Å². The van der Waals surface area contributed by atoms with Crippen molar-refractivity contribution in [2.45, 2.75) is 0 Å². The van der Waals surface area contributed by atoms with E-state index >= 15 is 0 Å². The SMILES string of the molecule is CNC(=O)CNc1ccc(Br)cn1. The van der Waals surface area contributed by atoms with Gasteiger partial charge >= 0.3 is 0 Å². The van der Waals surface area contributed by atoms with Gasteiger partial charge in [0, 0.05) is 17.7 Å². The molecule has 0 saturated heterocycles. The van der Waals surface area contributed by atoms with Gasteiger partial charge in [-0.25, -0.2) is 4.98 Å². The van der Waals surface area contributed by atoms with Crippen molar-refractivity contribution in [3.63, 3.8) is 0 Å². The predicted octanol–water partition coefficient (Wildman–Crippen LogP) is 1.00. The number of nitrogens with zero attached hydrogens (tertiary/aromatic N) is 1. The molecule has 0 fully saturated rings. The molecule has 1 aromatic rings. The predicted molar refractivity (Wildman–Crippen MR) is 54.5 cm³/mol. The third kappa shape index (κ3) is 3.42. The van der Waals surface area contributed by atoms with Crippen molar-refractivity contribution in [1.82, 2.24) is 10.3 Å². The van der Waals surface area contributed by atoms with Crippen LogP contribution in [0.2, 0.25) is 0 Å². The van der Waals surface area contributed by atoms with Crippen LogP contribution in [0.15, 0.2) is 22.8 Å². The number of hydrogen-bond donors (Lipinski definition) is 2. The molecule has 1 rings (SSSR count). The van der Waals surface area contributed by atoms with Gasteiger partial charge in [-0.05, 0) is 28.1 Å². The highest BCUT2D eigenvalue weighted by Gasteiger charge is 1.97. The van der Waals surface area contributed by atoms with Gasteiger partial charge in [-0.1, -0.05) is 0 Å². The zero-order valence-corrected chi connectivity index (χ0v) is 8.76. The summed E-state index contributed by atoms with van der Waals surface area (Å²) < 4.78 is 0.915. The van der Waals surface area contributed by atoms with Crippen molar-refractivity contribution < 1.29 is 4.79 Å². The summed E-state index contributed by atoms with van der Waals surface area (Å²) in [6.07, 6.45) is 1.67. The van der Waals surface area contributed by atoms with Crippen LogP contribution in [0.5, 0.6) is 0 Å².